The van der Waals surface area contributed by atoms with E-state index in [4.69, 9.17) is 4.42 Å². The van der Waals surface area contributed by atoms with Crippen LogP contribution in [-0.2, 0) is 16.6 Å². The maximum atomic E-state index is 13.4. The largest absolute Gasteiger partial charge is 0.437 e. The number of unbranched alkanes of at least 4 members (excludes halogenated alkanes) is 1. The molecule has 0 aliphatic carbocycles. The molecule has 34 heavy (non-hydrogen) atoms. The minimum absolute atomic E-state index is 0.0695. The van der Waals surface area contributed by atoms with E-state index in [1.807, 2.05) is 33.4 Å². The molecule has 0 spiro atoms. The zero-order valence-corrected chi connectivity index (χ0v) is 21.1. The molecule has 9 nitrogen and oxygen atoms in total. The van der Waals surface area contributed by atoms with Gasteiger partial charge in [-0.15, -0.1) is 0 Å². The number of halogens is 2. The second-order valence-electron chi connectivity index (χ2n) is 7.49. The summed E-state index contributed by atoms with van der Waals surface area (Å²) in [5, 5.41) is 2.99. The molecule has 3 aromatic heterocycles. The summed E-state index contributed by atoms with van der Waals surface area (Å²) in [4.78, 5) is 20.9. The van der Waals surface area contributed by atoms with Crippen LogP contribution in [0, 0.1) is 9.39 Å². The van der Waals surface area contributed by atoms with E-state index in [0.29, 0.717) is 33.9 Å². The molecule has 3 heterocycles. The molecule has 0 atom stereocenters. The quantitative estimate of drug-likeness (QED) is 0.222. The highest BCUT2D eigenvalue weighted by molar-refractivity contribution is 14.1. The zero-order chi connectivity index (χ0) is 24.3. The van der Waals surface area contributed by atoms with Crippen molar-refractivity contribution in [3.8, 4) is 11.3 Å². The number of hydrogen-bond acceptors (Lipinski definition) is 6. The summed E-state index contributed by atoms with van der Waals surface area (Å²) in [6.45, 7) is 0.679. The molecule has 12 heteroatoms. The van der Waals surface area contributed by atoms with Crippen LogP contribution in [0.15, 0.2) is 53.5 Å². The Labute approximate surface area is 209 Å². The van der Waals surface area contributed by atoms with Crippen LogP contribution < -0.4 is 10.0 Å². The monoisotopic (exact) mass is 597 g/mol. The van der Waals surface area contributed by atoms with Gasteiger partial charge in [0.2, 0.25) is 15.7 Å². The van der Waals surface area contributed by atoms with Gasteiger partial charge in [-0.05, 0) is 65.8 Å². The number of rotatable bonds is 9. The van der Waals surface area contributed by atoms with Crippen LogP contribution in [0.1, 0.15) is 23.2 Å². The number of carbonyl (C=O) groups is 1. The lowest BCUT2D eigenvalue weighted by Crippen LogP contribution is -2.19. The molecule has 2 N–H and O–H groups in total. The van der Waals surface area contributed by atoms with Gasteiger partial charge >= 0.3 is 0 Å². The summed E-state index contributed by atoms with van der Waals surface area (Å²) >= 11 is 1.96. The molecule has 0 saturated carbocycles. The minimum Gasteiger partial charge on any atom is -0.437 e. The molecule has 0 saturated heterocycles. The smallest absolute Gasteiger partial charge is 0.255 e. The number of amides is 1. The van der Waals surface area contributed by atoms with Crippen LogP contribution in [0.5, 0.6) is 0 Å². The molecule has 4 rings (SSSR count). The van der Waals surface area contributed by atoms with Crippen molar-refractivity contribution < 1.29 is 22.0 Å². The number of hydrogen-bond donors (Lipinski definition) is 2. The molecule has 0 bridgehead atoms. The van der Waals surface area contributed by atoms with Gasteiger partial charge in [-0.25, -0.2) is 17.8 Å². The van der Waals surface area contributed by atoms with E-state index in [9.17, 15) is 17.6 Å². The molecule has 0 fully saturated rings. The van der Waals surface area contributed by atoms with Gasteiger partial charge in [-0.2, -0.15) is 4.98 Å². The van der Waals surface area contributed by atoms with Crippen LogP contribution in [0.2, 0.25) is 0 Å². The van der Waals surface area contributed by atoms with Crippen molar-refractivity contribution in [2.45, 2.75) is 19.4 Å². The Morgan fingerprint density at radius 1 is 1.24 bits per heavy atom. The fraction of sp³-hybridized carbons (Fsp3) is 0.227. The normalized spacial score (nSPS) is 11.6. The van der Waals surface area contributed by atoms with Crippen LogP contribution in [-0.4, -0.2) is 41.7 Å². The van der Waals surface area contributed by atoms with E-state index in [-0.39, 0.29) is 28.6 Å². The fourth-order valence-electron chi connectivity index (χ4n) is 3.43. The van der Waals surface area contributed by atoms with E-state index in [1.165, 1.54) is 31.3 Å². The maximum Gasteiger partial charge on any atom is 0.255 e. The highest BCUT2D eigenvalue weighted by Gasteiger charge is 2.24. The number of imidazole rings is 1. The third-order valence-corrected chi connectivity index (χ3v) is 7.24. The first kappa shape index (κ1) is 24.1. The Bertz CT molecular complexity index is 1420. The predicted molar refractivity (Wildman–Crippen MR) is 134 cm³/mol. The van der Waals surface area contributed by atoms with Crippen molar-refractivity contribution in [2.24, 2.45) is 0 Å². The fourth-order valence-corrected chi connectivity index (χ4v) is 5.32. The number of fused-ring (bicyclic) bond motifs is 1. The lowest BCUT2D eigenvalue weighted by atomic mass is 10.1. The Morgan fingerprint density at radius 3 is 2.68 bits per heavy atom. The van der Waals surface area contributed by atoms with Crippen LogP contribution >= 0.6 is 22.6 Å². The molecular weight excluding hydrogens is 576 g/mol. The summed E-state index contributed by atoms with van der Waals surface area (Å²) in [6, 6.07) is 7.16. The number of aromatic nitrogens is 3. The van der Waals surface area contributed by atoms with E-state index in [2.05, 4.69) is 20.0 Å². The number of nitrogens with zero attached hydrogens (tertiary/aromatic N) is 3. The molecule has 0 unspecified atom stereocenters. The minimum atomic E-state index is -3.65. The van der Waals surface area contributed by atoms with E-state index >= 15 is 0 Å². The lowest BCUT2D eigenvalue weighted by Gasteiger charge is -2.09. The Morgan fingerprint density at radius 2 is 2.00 bits per heavy atom. The first-order valence-electron chi connectivity index (χ1n) is 10.3. The molecule has 0 aliphatic rings. The van der Waals surface area contributed by atoms with Crippen molar-refractivity contribution in [3.05, 3.63) is 64.0 Å². The van der Waals surface area contributed by atoms with Gasteiger partial charge in [0.05, 0.1) is 26.6 Å². The van der Waals surface area contributed by atoms with Crippen LogP contribution in [0.3, 0.4) is 0 Å². The van der Waals surface area contributed by atoms with Gasteiger partial charge in [0, 0.05) is 31.5 Å². The topological polar surface area (TPSA) is 119 Å². The number of aryl methyl sites for hydroxylation is 1. The van der Waals surface area contributed by atoms with Crippen molar-refractivity contribution >= 4 is 55.4 Å². The van der Waals surface area contributed by atoms with Crippen LogP contribution in [0.4, 0.5) is 10.2 Å². The summed E-state index contributed by atoms with van der Waals surface area (Å²) in [7, 11) is -2.16. The number of sulfonamides is 1. The van der Waals surface area contributed by atoms with Gasteiger partial charge in [0.25, 0.3) is 5.91 Å². The number of benzene rings is 1. The summed E-state index contributed by atoms with van der Waals surface area (Å²) in [6.07, 6.45) is 6.32. The van der Waals surface area contributed by atoms with Crippen molar-refractivity contribution in [1.29, 1.82) is 0 Å². The third-order valence-electron chi connectivity index (χ3n) is 5.09. The van der Waals surface area contributed by atoms with Crippen LogP contribution in [0.25, 0.3) is 22.4 Å². The second kappa shape index (κ2) is 10.1. The highest BCUT2D eigenvalue weighted by atomic mass is 127. The first-order chi connectivity index (χ1) is 16.3. The van der Waals surface area contributed by atoms with Gasteiger partial charge in [0.15, 0.2) is 5.82 Å². The van der Waals surface area contributed by atoms with Crippen molar-refractivity contribution in [1.82, 2.24) is 19.9 Å². The maximum absolute atomic E-state index is 13.4. The average molecular weight is 597 g/mol. The average Bonchev–Trinajstić information content (AvgIpc) is 3.45. The number of pyridine rings is 1. The molecule has 0 radical (unpaired) electrons. The lowest BCUT2D eigenvalue weighted by molar-refractivity contribution is 0.0964. The van der Waals surface area contributed by atoms with E-state index < -0.39 is 21.7 Å². The first-order valence-corrected chi connectivity index (χ1v) is 13.1. The molecule has 0 aliphatic heterocycles. The zero-order valence-electron chi connectivity index (χ0n) is 18.1. The molecule has 1 amide bonds. The Balaban J connectivity index is 1.59. The Hall–Kier alpha value is -3.00. The van der Waals surface area contributed by atoms with Crippen molar-refractivity contribution in [2.75, 3.05) is 17.5 Å². The SMILES string of the molecule is CNC(=O)c1c(-c2ccc(F)cc2)oc2nc(NS(=O)(=O)CCCCn3ccnc3)c(I)cc12. The third kappa shape index (κ3) is 5.38. The molecule has 1 aromatic carbocycles. The van der Waals surface area contributed by atoms with Crippen molar-refractivity contribution in [3.63, 3.8) is 0 Å². The number of carbonyl (C=O) groups excluding carboxylic acids is 1. The predicted octanol–water partition coefficient (Wildman–Crippen LogP) is 4.02. The molecule has 178 valence electrons. The highest BCUT2D eigenvalue weighted by Crippen LogP contribution is 2.35. The Kier molecular flexibility index (Phi) is 7.16. The summed E-state index contributed by atoms with van der Waals surface area (Å²) in [5.74, 6) is -0.555. The van der Waals surface area contributed by atoms with Gasteiger partial charge in [0.1, 0.15) is 11.6 Å². The standard InChI is InChI=1S/C22H21FIN5O4S/c1-25-21(30)18-16-12-17(24)20(27-22(16)33-19(18)14-4-6-15(23)7-5-14)28-34(31,32)11-3-2-9-29-10-8-26-13-29/h4-8,10,12-13H,2-3,9,11H2,1H3,(H,25,30)(H,27,28). The number of furan rings is 1. The second-order valence-corrected chi connectivity index (χ2v) is 10.5. The van der Waals surface area contributed by atoms with Gasteiger partial charge in [-0.1, -0.05) is 0 Å². The molecular formula is C22H21FIN5O4S. The summed E-state index contributed by atoms with van der Waals surface area (Å²) < 4.78 is 49.4. The number of anilines is 1. The van der Waals surface area contributed by atoms with E-state index in [0.717, 1.165) is 0 Å². The van der Waals surface area contributed by atoms with E-state index in [1.54, 1.807) is 18.6 Å². The summed E-state index contributed by atoms with van der Waals surface area (Å²) in [5.41, 5.74) is 0.826. The van der Waals surface area contributed by atoms with Gasteiger partial charge in [-0.3, -0.25) is 9.52 Å². The number of nitrogens with one attached hydrogen (secondary N) is 2. The molecule has 4 aromatic rings. The van der Waals surface area contributed by atoms with Gasteiger partial charge < -0.3 is 14.3 Å².